The summed E-state index contributed by atoms with van der Waals surface area (Å²) in [4.78, 5) is 11.8. The minimum atomic E-state index is -1.03. The minimum absolute atomic E-state index is 0. The summed E-state index contributed by atoms with van der Waals surface area (Å²) < 4.78 is 5.53. The Hall–Kier alpha value is -0.0700. The Morgan fingerprint density at radius 2 is 0.902 bits per heavy atom. The number of carbonyl (C=O) groups excluding carboxylic acids is 1. The Morgan fingerprint density at radius 3 is 1.24 bits per heavy atom. The van der Waals surface area contributed by atoms with Gasteiger partial charge in [0.25, 0.3) is 0 Å². The lowest BCUT2D eigenvalue weighted by Gasteiger charge is -2.36. The zero-order valence-corrected chi connectivity index (χ0v) is 30.2. The molecule has 0 aliphatic heterocycles. The number of halogens is 1. The van der Waals surface area contributed by atoms with Crippen LogP contribution in [0.5, 0.6) is 0 Å². The normalized spacial score (nSPS) is 12.2. The number of hydrogen-bond acceptors (Lipinski definition) is 2. The van der Waals surface area contributed by atoms with E-state index in [9.17, 15) is 4.79 Å². The van der Waals surface area contributed by atoms with Crippen LogP contribution in [0.15, 0.2) is 12.7 Å². The van der Waals surface area contributed by atoms with Crippen LogP contribution in [-0.4, -0.2) is 36.7 Å². The van der Waals surface area contributed by atoms with Gasteiger partial charge in [-0.1, -0.05) is 156 Å². The van der Waals surface area contributed by atoms with E-state index in [2.05, 4.69) is 34.3 Å². The van der Waals surface area contributed by atoms with Gasteiger partial charge < -0.3 is 17.1 Å². The summed E-state index contributed by atoms with van der Waals surface area (Å²) in [6.45, 7) is 13.5. The van der Waals surface area contributed by atoms with Crippen molar-refractivity contribution in [2.24, 2.45) is 0 Å². The summed E-state index contributed by atoms with van der Waals surface area (Å²) >= 11 is 0. The molecule has 0 amide bonds. The van der Waals surface area contributed by atoms with Crippen molar-refractivity contribution in [3.63, 3.8) is 0 Å². The van der Waals surface area contributed by atoms with Crippen LogP contribution < -0.4 is 12.4 Å². The molecule has 1 atom stereocenters. The lowest BCUT2D eigenvalue weighted by molar-refractivity contribution is -0.137. The Morgan fingerprint density at radius 1 is 0.561 bits per heavy atom. The van der Waals surface area contributed by atoms with Gasteiger partial charge in [0, 0.05) is 19.8 Å². The summed E-state index contributed by atoms with van der Waals surface area (Å²) in [7, 11) is -1.03. The van der Waals surface area contributed by atoms with Gasteiger partial charge in [-0.2, -0.15) is 0 Å². The maximum absolute atomic E-state index is 11.8. The summed E-state index contributed by atoms with van der Waals surface area (Å²) in [6.07, 6.45) is 40.5. The second-order valence-electron chi connectivity index (χ2n) is 12.7. The largest absolute Gasteiger partial charge is 1.00 e. The van der Waals surface area contributed by atoms with Gasteiger partial charge in [0.15, 0.2) is 0 Å². The Labute approximate surface area is 266 Å². The molecular formula is C37H74ClO2P. The zero-order valence-electron chi connectivity index (χ0n) is 28.5. The van der Waals surface area contributed by atoms with E-state index in [1.807, 2.05) is 0 Å². The highest BCUT2D eigenvalue weighted by Gasteiger charge is 2.43. The van der Waals surface area contributed by atoms with Crippen molar-refractivity contribution in [3.8, 4) is 0 Å². The molecule has 0 saturated heterocycles. The van der Waals surface area contributed by atoms with Gasteiger partial charge in [0.05, 0.1) is 30.8 Å². The fraction of sp³-hybridized carbons (Fsp3) is 0.919. The predicted molar refractivity (Wildman–Crippen MR) is 185 cm³/mol. The molecule has 0 N–H and O–H groups in total. The molecule has 0 radical (unpaired) electrons. The highest BCUT2D eigenvalue weighted by atomic mass is 35.5. The van der Waals surface area contributed by atoms with Crippen LogP contribution in [0, 0.1) is 0 Å². The molecular weight excluding hydrogens is 543 g/mol. The second kappa shape index (κ2) is 32.8. The molecule has 0 aromatic rings. The van der Waals surface area contributed by atoms with E-state index < -0.39 is 7.26 Å². The monoisotopic (exact) mass is 617 g/mol. The van der Waals surface area contributed by atoms with Gasteiger partial charge in [0.1, 0.15) is 0 Å². The molecule has 2 nitrogen and oxygen atoms in total. The molecule has 0 aromatic carbocycles. The van der Waals surface area contributed by atoms with E-state index in [1.54, 1.807) is 0 Å². The van der Waals surface area contributed by atoms with Crippen LogP contribution in [-0.2, 0) is 9.53 Å². The van der Waals surface area contributed by atoms with Crippen molar-refractivity contribution in [2.45, 2.75) is 194 Å². The number of esters is 1. The summed E-state index contributed by atoms with van der Waals surface area (Å²) in [5.74, 6) is -0.254. The SMILES string of the molecule is C=CC(=O)OCCC(CCCCCCCCCCCCCCCCCCC)[P+](CCCC)(CCCC)CCCC.[Cl-]. The number of ether oxygens (including phenoxy) is 1. The van der Waals surface area contributed by atoms with E-state index in [1.165, 1.54) is 179 Å². The van der Waals surface area contributed by atoms with Crippen molar-refractivity contribution >= 4 is 13.2 Å². The third-order valence-corrected chi connectivity index (χ3v) is 14.8. The standard InChI is InChI=1S/C37H74O2P.ClH/c1-6-11-15-16-17-18-19-20-21-22-23-24-25-26-27-28-29-30-36(31-32-39-37(38)10-5)40(33-12-7-2,34-13-8-3)35-14-9-4;/h10,36H,5-9,11-35H2,1-4H3;1H/q+1;/p-1. The van der Waals surface area contributed by atoms with Gasteiger partial charge in [-0.05, 0) is 32.1 Å². The zero-order chi connectivity index (χ0) is 29.6. The first-order chi connectivity index (χ1) is 19.6. The number of rotatable bonds is 32. The van der Waals surface area contributed by atoms with Gasteiger partial charge >= 0.3 is 5.97 Å². The van der Waals surface area contributed by atoms with E-state index in [4.69, 9.17) is 4.74 Å². The summed E-state index contributed by atoms with van der Waals surface area (Å²) in [6, 6.07) is 0. The van der Waals surface area contributed by atoms with Crippen molar-refractivity contribution in [1.29, 1.82) is 0 Å². The average molecular weight is 617 g/mol. The first-order valence-electron chi connectivity index (χ1n) is 18.2. The van der Waals surface area contributed by atoms with Gasteiger partial charge in [-0.3, -0.25) is 0 Å². The molecule has 0 spiro atoms. The third kappa shape index (κ3) is 25.0. The second-order valence-corrected chi connectivity index (χ2v) is 17.2. The average Bonchev–Trinajstić information content (AvgIpc) is 2.97. The topological polar surface area (TPSA) is 26.3 Å². The fourth-order valence-corrected chi connectivity index (χ4v) is 12.4. The first kappa shape index (κ1) is 43.1. The molecule has 0 aromatic heterocycles. The molecule has 41 heavy (non-hydrogen) atoms. The van der Waals surface area contributed by atoms with Gasteiger partial charge in [-0.25, -0.2) is 4.79 Å². The molecule has 0 rings (SSSR count). The van der Waals surface area contributed by atoms with Crippen LogP contribution in [0.25, 0.3) is 0 Å². The maximum Gasteiger partial charge on any atom is 0.330 e. The molecule has 246 valence electrons. The van der Waals surface area contributed by atoms with Crippen LogP contribution in [0.2, 0.25) is 0 Å². The van der Waals surface area contributed by atoms with E-state index in [0.29, 0.717) is 6.61 Å². The molecule has 0 aliphatic carbocycles. The van der Waals surface area contributed by atoms with Crippen molar-refractivity contribution in [3.05, 3.63) is 12.7 Å². The lowest BCUT2D eigenvalue weighted by Crippen LogP contribution is -3.00. The number of unbranched alkanes of at least 4 members (excludes halogenated alkanes) is 19. The van der Waals surface area contributed by atoms with Crippen molar-refractivity contribution in [1.82, 2.24) is 0 Å². The maximum atomic E-state index is 11.8. The summed E-state index contributed by atoms with van der Waals surface area (Å²) in [5.41, 5.74) is 0.783. The van der Waals surface area contributed by atoms with E-state index in [0.717, 1.165) is 12.1 Å². The van der Waals surface area contributed by atoms with Crippen LogP contribution in [0.1, 0.15) is 188 Å². The molecule has 0 fully saturated rings. The number of carbonyl (C=O) groups is 1. The van der Waals surface area contributed by atoms with Gasteiger partial charge in [-0.15, -0.1) is 0 Å². The smallest absolute Gasteiger partial charge is 0.330 e. The van der Waals surface area contributed by atoms with Crippen LogP contribution in [0.3, 0.4) is 0 Å². The molecule has 0 heterocycles. The molecule has 1 unspecified atom stereocenters. The van der Waals surface area contributed by atoms with Crippen molar-refractivity contribution < 1.29 is 21.9 Å². The van der Waals surface area contributed by atoms with E-state index >= 15 is 0 Å². The minimum Gasteiger partial charge on any atom is -1.00 e. The molecule has 0 aliphatic rings. The Balaban J connectivity index is 0. The Bertz CT molecular complexity index is 531. The first-order valence-corrected chi connectivity index (χ1v) is 20.7. The predicted octanol–water partition coefficient (Wildman–Crippen LogP) is 9.94. The highest BCUT2D eigenvalue weighted by Crippen LogP contribution is 2.66. The quantitative estimate of drug-likeness (QED) is 0.0325. The fourth-order valence-electron chi connectivity index (χ4n) is 6.45. The molecule has 0 saturated carbocycles. The van der Waals surface area contributed by atoms with Gasteiger partial charge in [0.2, 0.25) is 0 Å². The molecule has 4 heteroatoms. The van der Waals surface area contributed by atoms with Crippen molar-refractivity contribution in [2.75, 3.05) is 25.1 Å². The van der Waals surface area contributed by atoms with E-state index in [-0.39, 0.29) is 18.4 Å². The van der Waals surface area contributed by atoms with Crippen LogP contribution >= 0.6 is 7.26 Å². The third-order valence-electron chi connectivity index (χ3n) is 9.15. The summed E-state index contributed by atoms with van der Waals surface area (Å²) in [5, 5.41) is 0. The van der Waals surface area contributed by atoms with Crippen LogP contribution in [0.4, 0.5) is 0 Å². The lowest BCUT2D eigenvalue weighted by atomic mass is 10.0. The Kier molecular flexibility index (Phi) is 34.5. The highest BCUT2D eigenvalue weighted by molar-refractivity contribution is 7.76. The molecule has 0 bridgehead atoms. The number of hydrogen-bond donors (Lipinski definition) is 0.